The van der Waals surface area contributed by atoms with Gasteiger partial charge >= 0.3 is 11.9 Å². The predicted molar refractivity (Wildman–Crippen MR) is 209 cm³/mol. The van der Waals surface area contributed by atoms with Crippen molar-refractivity contribution in [2.45, 2.75) is 145 Å². The van der Waals surface area contributed by atoms with Crippen LogP contribution in [0, 0.1) is 56.7 Å². The molecule has 0 heterocycles. The first-order valence-corrected chi connectivity index (χ1v) is 20.9. The minimum absolute atomic E-state index is 0.00320. The number of rotatable bonds is 10. The maximum atomic E-state index is 14.1. The second-order valence-electron chi connectivity index (χ2n) is 19.7. The molecule has 9 heteroatoms. The van der Waals surface area contributed by atoms with E-state index in [1.807, 2.05) is 24.3 Å². The summed E-state index contributed by atoms with van der Waals surface area (Å²) in [6.45, 7) is 19.1. The molecule has 6 rings (SSSR count). The molecule has 0 saturated heterocycles. The molecule has 5 aliphatic rings. The van der Waals surface area contributed by atoms with Gasteiger partial charge in [-0.3, -0.25) is 19.2 Å². The number of halogens is 1. The summed E-state index contributed by atoms with van der Waals surface area (Å²) in [6, 6.07) is 7.49. The number of aliphatic carboxylic acids is 1. The van der Waals surface area contributed by atoms with Crippen molar-refractivity contribution in [1.82, 2.24) is 4.90 Å². The van der Waals surface area contributed by atoms with Crippen LogP contribution in [0.5, 0.6) is 0 Å². The van der Waals surface area contributed by atoms with E-state index in [1.165, 1.54) is 12.5 Å². The number of carbonyl (C=O) groups excluding carboxylic acids is 3. The van der Waals surface area contributed by atoms with Crippen LogP contribution in [-0.2, 0) is 30.5 Å². The Balaban J connectivity index is 1.28. The van der Waals surface area contributed by atoms with Gasteiger partial charge < -0.3 is 19.8 Å². The van der Waals surface area contributed by atoms with E-state index in [1.54, 1.807) is 18.7 Å². The molecule has 2 N–H and O–H groups in total. The molecule has 1 aromatic carbocycles. The Morgan fingerprint density at radius 3 is 2.31 bits per heavy atom. The number of carboxylic acids is 1. The Morgan fingerprint density at radius 2 is 1.69 bits per heavy atom. The van der Waals surface area contributed by atoms with E-state index in [-0.39, 0.29) is 64.8 Å². The van der Waals surface area contributed by atoms with Crippen molar-refractivity contribution in [3.8, 4) is 0 Å². The van der Waals surface area contributed by atoms with Crippen molar-refractivity contribution in [2.75, 3.05) is 6.54 Å². The number of esters is 1. The molecule has 10 atom stereocenters. The number of aliphatic hydroxyl groups is 1. The summed E-state index contributed by atoms with van der Waals surface area (Å²) in [6.07, 6.45) is 6.46. The highest BCUT2D eigenvalue weighted by Crippen LogP contribution is 2.76. The van der Waals surface area contributed by atoms with Gasteiger partial charge in [0.15, 0.2) is 5.78 Å². The number of aliphatic hydroxyl groups excluding tert-OH is 1. The SMILES string of the molecule is CC(=O)N(Cc1ccccc1Cl)CC(O)C12CCC3(C)C(CCC4C5(C)CCC(OC(=O)CC(C)(C)C(=O)O)C(C)C5CCC43C)C1=C(C(C)C)C(=O)C2. The molecule has 1 aromatic rings. The molecule has 0 radical (unpaired) electrons. The average Bonchev–Trinajstić information content (AvgIpc) is 3.40. The molecule has 0 spiro atoms. The Labute approximate surface area is 327 Å². The van der Waals surface area contributed by atoms with Crippen LogP contribution in [0.2, 0.25) is 5.02 Å². The smallest absolute Gasteiger partial charge is 0.309 e. The summed E-state index contributed by atoms with van der Waals surface area (Å²) in [4.78, 5) is 53.6. The second kappa shape index (κ2) is 14.3. The molecule has 298 valence electrons. The number of ether oxygens (including phenoxy) is 1. The van der Waals surface area contributed by atoms with Gasteiger partial charge in [-0.15, -0.1) is 0 Å². The van der Waals surface area contributed by atoms with Gasteiger partial charge in [0.1, 0.15) is 6.10 Å². The molecule has 4 fully saturated rings. The van der Waals surface area contributed by atoms with Crippen LogP contribution in [0.3, 0.4) is 0 Å². The summed E-state index contributed by atoms with van der Waals surface area (Å²) >= 11 is 6.51. The van der Waals surface area contributed by atoms with Gasteiger partial charge in [0.25, 0.3) is 0 Å². The lowest BCUT2D eigenvalue weighted by atomic mass is 9.34. The molecule has 0 bridgehead atoms. The fraction of sp³-hybridized carbons (Fsp3) is 0.733. The number of ketones is 1. The number of allylic oxidation sites excluding steroid dienone is 1. The molecular weight excluding hydrogens is 702 g/mol. The quantitative estimate of drug-likeness (QED) is 0.228. The van der Waals surface area contributed by atoms with Gasteiger partial charge in [-0.1, -0.05) is 76.9 Å². The van der Waals surface area contributed by atoms with E-state index >= 15 is 0 Å². The van der Waals surface area contributed by atoms with E-state index in [0.29, 0.717) is 36.2 Å². The number of hydrogen-bond donors (Lipinski definition) is 2. The molecule has 10 unspecified atom stereocenters. The molecule has 54 heavy (non-hydrogen) atoms. The average molecular weight is 766 g/mol. The highest BCUT2D eigenvalue weighted by Gasteiger charge is 2.70. The van der Waals surface area contributed by atoms with Crippen LogP contribution in [0.1, 0.15) is 132 Å². The van der Waals surface area contributed by atoms with Gasteiger partial charge in [-0.05, 0) is 128 Å². The number of hydrogen-bond acceptors (Lipinski definition) is 6. The first-order chi connectivity index (χ1) is 25.1. The van der Waals surface area contributed by atoms with Crippen molar-refractivity contribution < 1.29 is 34.1 Å². The summed E-state index contributed by atoms with van der Waals surface area (Å²) < 4.78 is 6.06. The zero-order valence-electron chi connectivity index (χ0n) is 34.1. The molecule has 4 saturated carbocycles. The molecule has 8 nitrogen and oxygen atoms in total. The van der Waals surface area contributed by atoms with Crippen molar-refractivity contribution in [3.63, 3.8) is 0 Å². The minimum atomic E-state index is -1.17. The third kappa shape index (κ3) is 6.47. The fourth-order valence-corrected chi connectivity index (χ4v) is 13.2. The Hall–Kier alpha value is -2.71. The first kappa shape index (κ1) is 40.9. The summed E-state index contributed by atoms with van der Waals surface area (Å²) in [5.41, 5.74) is 1.03. The van der Waals surface area contributed by atoms with Gasteiger partial charge in [-0.25, -0.2) is 0 Å². The number of fused-ring (bicyclic) bond motifs is 7. The van der Waals surface area contributed by atoms with Crippen molar-refractivity contribution in [2.24, 2.45) is 56.7 Å². The Bertz CT molecular complexity index is 1720. The topological polar surface area (TPSA) is 121 Å². The Morgan fingerprint density at radius 1 is 1.00 bits per heavy atom. The summed E-state index contributed by atoms with van der Waals surface area (Å²) in [7, 11) is 0. The minimum Gasteiger partial charge on any atom is -0.481 e. The number of carbonyl (C=O) groups is 4. The summed E-state index contributed by atoms with van der Waals surface area (Å²) in [5, 5.41) is 22.6. The molecule has 0 aliphatic heterocycles. The van der Waals surface area contributed by atoms with Gasteiger partial charge in [-0.2, -0.15) is 0 Å². The van der Waals surface area contributed by atoms with Crippen molar-refractivity contribution in [3.05, 3.63) is 46.0 Å². The standard InChI is InChI=1S/C45H64ClNO7/c1-26(2)38-33(49)22-45(36(50)25-47(28(4)48)24-29-12-10-11-13-32(29)46)21-20-43(8)31(39(38)45)14-15-35-42(7)18-17-34(27(3)30(42)16-19-44(35,43)9)54-37(51)23-41(5,6)40(52)53/h10-13,26-27,30-31,34-36,50H,14-25H2,1-9H3,(H,52,53). The lowest BCUT2D eigenvalue weighted by Crippen LogP contribution is -2.65. The highest BCUT2D eigenvalue weighted by molar-refractivity contribution is 6.31. The zero-order valence-corrected chi connectivity index (χ0v) is 34.9. The lowest BCUT2D eigenvalue weighted by Gasteiger charge is -2.71. The number of nitrogens with zero attached hydrogens (tertiary/aromatic N) is 1. The number of Topliss-reactive ketones (excluding diaryl/α,β-unsaturated/α-hetero) is 1. The number of amides is 1. The van der Waals surface area contributed by atoms with E-state index in [0.717, 1.165) is 56.1 Å². The van der Waals surface area contributed by atoms with Crippen molar-refractivity contribution >= 4 is 35.2 Å². The maximum Gasteiger partial charge on any atom is 0.309 e. The van der Waals surface area contributed by atoms with Gasteiger partial charge in [0.2, 0.25) is 5.91 Å². The van der Waals surface area contributed by atoms with Crippen LogP contribution in [-0.4, -0.2) is 57.5 Å². The van der Waals surface area contributed by atoms with Gasteiger partial charge in [0.05, 0.1) is 17.9 Å². The van der Waals surface area contributed by atoms with Crippen LogP contribution in [0.4, 0.5) is 0 Å². The second-order valence-corrected chi connectivity index (χ2v) is 20.1. The Kier molecular flexibility index (Phi) is 10.9. The summed E-state index contributed by atoms with van der Waals surface area (Å²) in [5.74, 6) is -0.209. The van der Waals surface area contributed by atoms with Gasteiger partial charge in [0, 0.05) is 36.9 Å². The van der Waals surface area contributed by atoms with E-state index in [2.05, 4.69) is 41.5 Å². The number of carboxylic acid groups (broad SMARTS) is 1. The molecule has 1 amide bonds. The van der Waals surface area contributed by atoms with Crippen LogP contribution < -0.4 is 0 Å². The largest absolute Gasteiger partial charge is 0.481 e. The lowest BCUT2D eigenvalue weighted by molar-refractivity contribution is -0.218. The normalized spacial score (nSPS) is 36.8. The van der Waals surface area contributed by atoms with Crippen LogP contribution >= 0.6 is 11.6 Å². The zero-order chi connectivity index (χ0) is 39.8. The van der Waals surface area contributed by atoms with E-state index in [4.69, 9.17) is 16.3 Å². The monoisotopic (exact) mass is 765 g/mol. The van der Waals surface area contributed by atoms with Crippen LogP contribution in [0.15, 0.2) is 35.4 Å². The number of benzene rings is 1. The molecule has 0 aromatic heterocycles. The third-order valence-corrected chi connectivity index (χ3v) is 16.6. The predicted octanol–water partition coefficient (Wildman–Crippen LogP) is 9.05. The van der Waals surface area contributed by atoms with E-state index in [9.17, 15) is 29.4 Å². The molecular formula is C45H64ClNO7. The maximum absolute atomic E-state index is 14.1. The first-order valence-electron chi connectivity index (χ1n) is 20.5. The fourth-order valence-electron chi connectivity index (χ4n) is 13.0. The molecule has 5 aliphatic carbocycles. The van der Waals surface area contributed by atoms with Crippen molar-refractivity contribution in [1.29, 1.82) is 0 Å². The van der Waals surface area contributed by atoms with Crippen LogP contribution in [0.25, 0.3) is 0 Å². The highest BCUT2D eigenvalue weighted by atomic mass is 35.5. The van der Waals surface area contributed by atoms with E-state index < -0.39 is 28.9 Å². The third-order valence-electron chi connectivity index (χ3n) is 16.3.